The molecule has 2 heterocycles. The van der Waals surface area contributed by atoms with Crippen LogP contribution in [0.1, 0.15) is 35.2 Å². The summed E-state index contributed by atoms with van der Waals surface area (Å²) in [6.45, 7) is 1.04. The Bertz CT molecular complexity index is 887. The van der Waals surface area contributed by atoms with Gasteiger partial charge in [-0.3, -0.25) is 9.48 Å². The molecule has 1 saturated heterocycles. The predicted octanol–water partition coefficient (Wildman–Crippen LogP) is 1.66. The second-order valence-electron chi connectivity index (χ2n) is 6.30. The van der Waals surface area contributed by atoms with E-state index in [-0.39, 0.29) is 23.0 Å². The highest BCUT2D eigenvalue weighted by molar-refractivity contribution is 7.89. The SMILES string of the molecule is Cn1cc(C(=O)NCc2ccc(F)cc2)c(S(=O)(=O)N2CCCCC2)n1. The second kappa shape index (κ2) is 7.55. The fourth-order valence-electron chi connectivity index (χ4n) is 2.92. The van der Waals surface area contributed by atoms with Gasteiger partial charge in [0.15, 0.2) is 0 Å². The third-order valence-corrected chi connectivity index (χ3v) is 6.14. The minimum Gasteiger partial charge on any atom is -0.348 e. The van der Waals surface area contributed by atoms with E-state index < -0.39 is 15.9 Å². The Balaban J connectivity index is 1.79. The van der Waals surface area contributed by atoms with Gasteiger partial charge < -0.3 is 5.32 Å². The molecule has 0 bridgehead atoms. The van der Waals surface area contributed by atoms with Gasteiger partial charge in [-0.15, -0.1) is 0 Å². The number of amides is 1. The van der Waals surface area contributed by atoms with Crippen LogP contribution in [0.5, 0.6) is 0 Å². The minimum atomic E-state index is -3.81. The van der Waals surface area contributed by atoms with Crippen molar-refractivity contribution in [2.24, 2.45) is 7.05 Å². The molecule has 0 saturated carbocycles. The summed E-state index contributed by atoms with van der Waals surface area (Å²) >= 11 is 0. The lowest BCUT2D eigenvalue weighted by molar-refractivity contribution is 0.0947. The second-order valence-corrected chi connectivity index (χ2v) is 8.15. The average Bonchev–Trinajstić information content (AvgIpc) is 3.04. The van der Waals surface area contributed by atoms with Crippen molar-refractivity contribution >= 4 is 15.9 Å². The van der Waals surface area contributed by atoms with Gasteiger partial charge in [0.1, 0.15) is 5.82 Å². The average molecular weight is 380 g/mol. The molecule has 0 aliphatic carbocycles. The van der Waals surface area contributed by atoms with Crippen molar-refractivity contribution in [1.82, 2.24) is 19.4 Å². The van der Waals surface area contributed by atoms with Crippen LogP contribution in [0.2, 0.25) is 0 Å². The first-order valence-electron chi connectivity index (χ1n) is 8.44. The Labute approximate surface area is 151 Å². The lowest BCUT2D eigenvalue weighted by atomic mass is 10.2. The zero-order valence-corrected chi connectivity index (χ0v) is 15.3. The summed E-state index contributed by atoms with van der Waals surface area (Å²) in [4.78, 5) is 12.5. The van der Waals surface area contributed by atoms with E-state index in [1.165, 1.54) is 27.3 Å². The Morgan fingerprint density at radius 1 is 1.19 bits per heavy atom. The van der Waals surface area contributed by atoms with E-state index in [1.807, 2.05) is 0 Å². The number of halogens is 1. The molecule has 1 N–H and O–H groups in total. The first-order chi connectivity index (χ1) is 12.4. The highest BCUT2D eigenvalue weighted by Crippen LogP contribution is 2.22. The molecular formula is C17H21FN4O3S. The summed E-state index contributed by atoms with van der Waals surface area (Å²) in [5, 5.41) is 6.46. The molecule has 1 amide bonds. The normalized spacial score (nSPS) is 15.8. The number of sulfonamides is 1. The fraction of sp³-hybridized carbons (Fsp3) is 0.412. The van der Waals surface area contributed by atoms with Crippen LogP contribution in [0.4, 0.5) is 4.39 Å². The number of hydrogen-bond acceptors (Lipinski definition) is 4. The summed E-state index contributed by atoms with van der Waals surface area (Å²) in [5.74, 6) is -0.889. The number of benzene rings is 1. The van der Waals surface area contributed by atoms with E-state index in [0.717, 1.165) is 19.3 Å². The van der Waals surface area contributed by atoms with Crippen LogP contribution in [-0.4, -0.2) is 41.5 Å². The van der Waals surface area contributed by atoms with Crippen LogP contribution < -0.4 is 5.32 Å². The van der Waals surface area contributed by atoms with E-state index in [2.05, 4.69) is 10.4 Å². The van der Waals surface area contributed by atoms with Crippen LogP contribution in [0, 0.1) is 5.82 Å². The molecule has 26 heavy (non-hydrogen) atoms. The molecule has 1 aromatic heterocycles. The summed E-state index contributed by atoms with van der Waals surface area (Å²) < 4.78 is 41.4. The summed E-state index contributed by atoms with van der Waals surface area (Å²) in [6, 6.07) is 5.73. The van der Waals surface area contributed by atoms with Crippen molar-refractivity contribution in [3.05, 3.63) is 47.4 Å². The zero-order valence-electron chi connectivity index (χ0n) is 14.5. The molecule has 3 rings (SSSR count). The van der Waals surface area contributed by atoms with Crippen molar-refractivity contribution in [2.75, 3.05) is 13.1 Å². The van der Waals surface area contributed by atoms with Crippen molar-refractivity contribution in [1.29, 1.82) is 0 Å². The third kappa shape index (κ3) is 3.94. The number of carbonyl (C=O) groups excluding carboxylic acids is 1. The maximum atomic E-state index is 12.9. The summed E-state index contributed by atoms with van der Waals surface area (Å²) in [6.07, 6.45) is 4.01. The van der Waals surface area contributed by atoms with Gasteiger partial charge in [0.05, 0.1) is 5.56 Å². The first-order valence-corrected chi connectivity index (χ1v) is 9.88. The van der Waals surface area contributed by atoms with Gasteiger partial charge in [0.25, 0.3) is 15.9 Å². The Morgan fingerprint density at radius 2 is 1.85 bits per heavy atom. The smallest absolute Gasteiger partial charge is 0.263 e. The van der Waals surface area contributed by atoms with Crippen LogP contribution in [0.25, 0.3) is 0 Å². The van der Waals surface area contributed by atoms with Gasteiger partial charge in [-0.2, -0.15) is 9.40 Å². The molecular weight excluding hydrogens is 359 g/mol. The third-order valence-electron chi connectivity index (χ3n) is 4.31. The largest absolute Gasteiger partial charge is 0.348 e. The summed E-state index contributed by atoms with van der Waals surface area (Å²) in [7, 11) is -2.24. The molecule has 0 radical (unpaired) electrons. The van der Waals surface area contributed by atoms with E-state index in [0.29, 0.717) is 18.7 Å². The number of hydrogen-bond donors (Lipinski definition) is 1. The van der Waals surface area contributed by atoms with Gasteiger partial charge in [-0.05, 0) is 30.5 Å². The Hall–Kier alpha value is -2.26. The van der Waals surface area contributed by atoms with E-state index in [1.54, 1.807) is 19.2 Å². The number of piperidine rings is 1. The van der Waals surface area contributed by atoms with Crippen LogP contribution >= 0.6 is 0 Å². The molecule has 1 aliphatic heterocycles. The topological polar surface area (TPSA) is 84.3 Å². The number of aromatic nitrogens is 2. The molecule has 0 unspecified atom stereocenters. The molecule has 1 aliphatic rings. The number of aryl methyl sites for hydroxylation is 1. The quantitative estimate of drug-likeness (QED) is 0.855. The number of rotatable bonds is 5. The minimum absolute atomic E-state index is 0.0141. The Morgan fingerprint density at radius 3 is 2.50 bits per heavy atom. The van der Waals surface area contributed by atoms with Gasteiger partial charge >= 0.3 is 0 Å². The van der Waals surface area contributed by atoms with Crippen LogP contribution in [-0.2, 0) is 23.6 Å². The van der Waals surface area contributed by atoms with Crippen molar-refractivity contribution in [3.8, 4) is 0 Å². The first kappa shape index (κ1) is 18.5. The molecule has 9 heteroatoms. The predicted molar refractivity (Wildman–Crippen MR) is 93.4 cm³/mol. The molecule has 0 spiro atoms. The number of nitrogens with one attached hydrogen (secondary N) is 1. The highest BCUT2D eigenvalue weighted by Gasteiger charge is 2.33. The van der Waals surface area contributed by atoms with Crippen molar-refractivity contribution < 1.29 is 17.6 Å². The van der Waals surface area contributed by atoms with Gasteiger partial charge in [-0.25, -0.2) is 12.8 Å². The Kier molecular flexibility index (Phi) is 5.38. The van der Waals surface area contributed by atoms with E-state index >= 15 is 0 Å². The summed E-state index contributed by atoms with van der Waals surface area (Å²) in [5.41, 5.74) is 0.726. The fourth-order valence-corrected chi connectivity index (χ4v) is 4.56. The highest BCUT2D eigenvalue weighted by atomic mass is 32.2. The standard InChI is InChI=1S/C17H21FN4O3S/c1-21-12-15(16(23)19-11-13-5-7-14(18)8-6-13)17(20-21)26(24,25)22-9-3-2-4-10-22/h5-8,12H,2-4,9-11H2,1H3,(H,19,23). The lowest BCUT2D eigenvalue weighted by Crippen LogP contribution is -2.37. The van der Waals surface area contributed by atoms with Crippen LogP contribution in [0.3, 0.4) is 0 Å². The van der Waals surface area contributed by atoms with Gasteiger partial charge in [0, 0.05) is 32.9 Å². The van der Waals surface area contributed by atoms with Crippen molar-refractivity contribution in [2.45, 2.75) is 30.8 Å². The lowest BCUT2D eigenvalue weighted by Gasteiger charge is -2.25. The molecule has 140 valence electrons. The van der Waals surface area contributed by atoms with Gasteiger partial charge in [0.2, 0.25) is 5.03 Å². The molecule has 2 aromatic rings. The van der Waals surface area contributed by atoms with Crippen molar-refractivity contribution in [3.63, 3.8) is 0 Å². The molecule has 1 fully saturated rings. The molecule has 0 atom stereocenters. The zero-order chi connectivity index (χ0) is 18.7. The maximum absolute atomic E-state index is 12.9. The molecule has 1 aromatic carbocycles. The maximum Gasteiger partial charge on any atom is 0.263 e. The van der Waals surface area contributed by atoms with E-state index in [9.17, 15) is 17.6 Å². The monoisotopic (exact) mass is 380 g/mol. The van der Waals surface area contributed by atoms with Crippen LogP contribution in [0.15, 0.2) is 35.5 Å². The van der Waals surface area contributed by atoms with E-state index in [4.69, 9.17) is 0 Å². The number of carbonyl (C=O) groups is 1. The molecule has 7 nitrogen and oxygen atoms in total. The number of nitrogens with zero attached hydrogens (tertiary/aromatic N) is 3. The van der Waals surface area contributed by atoms with Gasteiger partial charge in [-0.1, -0.05) is 18.6 Å².